The Labute approximate surface area is 143 Å². The zero-order chi connectivity index (χ0) is 16.4. The molecule has 124 valence electrons. The van der Waals surface area contributed by atoms with Crippen LogP contribution in [0.5, 0.6) is 0 Å². The number of thiazole rings is 1. The van der Waals surface area contributed by atoms with Gasteiger partial charge in [0.15, 0.2) is 0 Å². The fraction of sp³-hybridized carbons (Fsp3) is 0.353. The van der Waals surface area contributed by atoms with Crippen LogP contribution in [-0.2, 0) is 6.54 Å². The smallest absolute Gasteiger partial charge is 0.257 e. The molecule has 0 spiro atoms. The first-order valence-corrected chi connectivity index (χ1v) is 8.95. The normalized spacial score (nSPS) is 18.0. The van der Waals surface area contributed by atoms with Gasteiger partial charge < -0.3 is 13.9 Å². The zero-order valence-electron chi connectivity index (χ0n) is 13.2. The van der Waals surface area contributed by atoms with E-state index in [1.807, 2.05) is 22.8 Å². The Balaban J connectivity index is 1.50. The SMILES string of the molecule is O=C(c1ccoc1)N1CCCC(c2nccn2Cc2cscn2)C1. The molecule has 1 saturated heterocycles. The molecule has 0 bridgehead atoms. The Hall–Kier alpha value is -2.41. The fourth-order valence-electron chi connectivity index (χ4n) is 3.25. The molecule has 0 N–H and O–H groups in total. The average Bonchev–Trinajstić information content (AvgIpc) is 3.37. The standard InChI is InChI=1S/C17H18N4O2S/c22-17(14-3-7-23-10-14)21-5-1-2-13(8-21)16-18-4-6-20(16)9-15-11-24-12-19-15/h3-4,6-7,10-13H,1-2,5,8-9H2. The Morgan fingerprint density at radius 3 is 3.17 bits per heavy atom. The largest absolute Gasteiger partial charge is 0.472 e. The number of carbonyl (C=O) groups is 1. The van der Waals surface area contributed by atoms with Crippen LogP contribution in [0.2, 0.25) is 0 Å². The van der Waals surface area contributed by atoms with E-state index in [1.54, 1.807) is 17.4 Å². The fourth-order valence-corrected chi connectivity index (χ4v) is 3.80. The van der Waals surface area contributed by atoms with Crippen LogP contribution < -0.4 is 0 Å². The van der Waals surface area contributed by atoms with E-state index in [1.165, 1.54) is 12.5 Å². The van der Waals surface area contributed by atoms with Crippen LogP contribution in [0, 0.1) is 0 Å². The van der Waals surface area contributed by atoms with Crippen LogP contribution in [0.15, 0.2) is 46.3 Å². The molecule has 6 nitrogen and oxygen atoms in total. The lowest BCUT2D eigenvalue weighted by atomic mass is 9.96. The molecule has 24 heavy (non-hydrogen) atoms. The lowest BCUT2D eigenvalue weighted by Gasteiger charge is -2.32. The van der Waals surface area contributed by atoms with Gasteiger partial charge in [-0.2, -0.15) is 0 Å². The van der Waals surface area contributed by atoms with Gasteiger partial charge in [-0.25, -0.2) is 9.97 Å². The average molecular weight is 342 g/mol. The van der Waals surface area contributed by atoms with E-state index < -0.39 is 0 Å². The highest BCUT2D eigenvalue weighted by atomic mass is 32.1. The van der Waals surface area contributed by atoms with Crippen LogP contribution in [0.25, 0.3) is 0 Å². The van der Waals surface area contributed by atoms with E-state index in [4.69, 9.17) is 4.42 Å². The van der Waals surface area contributed by atoms with Gasteiger partial charge in [-0.1, -0.05) is 0 Å². The molecular weight excluding hydrogens is 324 g/mol. The molecule has 0 aromatic carbocycles. The maximum atomic E-state index is 12.5. The minimum absolute atomic E-state index is 0.0334. The van der Waals surface area contributed by atoms with Crippen molar-refractivity contribution in [1.29, 1.82) is 0 Å². The van der Waals surface area contributed by atoms with Gasteiger partial charge in [-0.05, 0) is 18.9 Å². The van der Waals surface area contributed by atoms with Crippen LogP contribution in [-0.4, -0.2) is 38.4 Å². The van der Waals surface area contributed by atoms with Gasteiger partial charge in [0.1, 0.15) is 12.1 Å². The van der Waals surface area contributed by atoms with Gasteiger partial charge in [-0.3, -0.25) is 4.79 Å². The van der Waals surface area contributed by atoms with Crippen LogP contribution in [0.1, 0.15) is 40.6 Å². The molecule has 7 heteroatoms. The summed E-state index contributed by atoms with van der Waals surface area (Å²) < 4.78 is 7.18. The van der Waals surface area contributed by atoms with Crippen molar-refractivity contribution in [2.75, 3.05) is 13.1 Å². The second-order valence-corrected chi connectivity index (χ2v) is 6.71. The van der Waals surface area contributed by atoms with Gasteiger partial charge in [0, 0.05) is 36.8 Å². The van der Waals surface area contributed by atoms with Crippen molar-refractivity contribution in [2.45, 2.75) is 25.3 Å². The lowest BCUT2D eigenvalue weighted by molar-refractivity contribution is 0.0702. The molecule has 0 radical (unpaired) electrons. The van der Waals surface area contributed by atoms with Crippen LogP contribution in [0.3, 0.4) is 0 Å². The number of imidazole rings is 1. The third-order valence-electron chi connectivity index (χ3n) is 4.41. The molecule has 1 amide bonds. The highest BCUT2D eigenvalue weighted by Gasteiger charge is 2.28. The summed E-state index contributed by atoms with van der Waals surface area (Å²) in [6.07, 6.45) is 8.90. The zero-order valence-corrected chi connectivity index (χ0v) is 14.0. The monoisotopic (exact) mass is 342 g/mol. The topological polar surface area (TPSA) is 64.2 Å². The summed E-state index contributed by atoms with van der Waals surface area (Å²) in [6.45, 7) is 2.20. The van der Waals surface area contributed by atoms with E-state index in [9.17, 15) is 4.79 Å². The van der Waals surface area contributed by atoms with Crippen molar-refractivity contribution in [2.24, 2.45) is 0 Å². The van der Waals surface area contributed by atoms with Gasteiger partial charge >= 0.3 is 0 Å². The quantitative estimate of drug-likeness (QED) is 0.731. The number of furan rings is 1. The summed E-state index contributed by atoms with van der Waals surface area (Å²) in [6, 6.07) is 1.72. The summed E-state index contributed by atoms with van der Waals surface area (Å²) in [5.41, 5.74) is 3.50. The van der Waals surface area contributed by atoms with Crippen molar-refractivity contribution in [3.63, 3.8) is 0 Å². The first-order valence-electron chi connectivity index (χ1n) is 8.01. The lowest BCUT2D eigenvalue weighted by Crippen LogP contribution is -2.39. The molecule has 1 fully saturated rings. The molecule has 0 aliphatic carbocycles. The third kappa shape index (κ3) is 2.99. The van der Waals surface area contributed by atoms with Crippen LogP contribution in [0.4, 0.5) is 0 Å². The van der Waals surface area contributed by atoms with Crippen molar-refractivity contribution >= 4 is 17.2 Å². The molecule has 3 aromatic heterocycles. The molecule has 1 atom stereocenters. The van der Waals surface area contributed by atoms with Crippen molar-refractivity contribution < 1.29 is 9.21 Å². The summed E-state index contributed by atoms with van der Waals surface area (Å²) in [5, 5.41) is 2.05. The molecule has 3 aromatic rings. The maximum Gasteiger partial charge on any atom is 0.257 e. The van der Waals surface area contributed by atoms with Gasteiger partial charge in [0.2, 0.25) is 0 Å². The highest BCUT2D eigenvalue weighted by Crippen LogP contribution is 2.27. The summed E-state index contributed by atoms with van der Waals surface area (Å²) in [7, 11) is 0. The third-order valence-corrected chi connectivity index (χ3v) is 5.04. The number of hydrogen-bond acceptors (Lipinski definition) is 5. The number of amides is 1. The van der Waals surface area contributed by atoms with E-state index in [-0.39, 0.29) is 11.8 Å². The van der Waals surface area contributed by atoms with Crippen molar-refractivity contribution in [3.05, 3.63) is 59.0 Å². The number of carbonyl (C=O) groups excluding carboxylic acids is 1. The van der Waals surface area contributed by atoms with E-state index >= 15 is 0 Å². The Morgan fingerprint density at radius 2 is 2.38 bits per heavy atom. The number of likely N-dealkylation sites (tertiary alicyclic amines) is 1. The molecule has 1 unspecified atom stereocenters. The molecule has 0 saturated carbocycles. The van der Waals surface area contributed by atoms with E-state index in [2.05, 4.69) is 19.9 Å². The molecule has 4 rings (SSSR count). The summed E-state index contributed by atoms with van der Waals surface area (Å²) in [4.78, 5) is 23.4. The van der Waals surface area contributed by atoms with E-state index in [0.717, 1.165) is 37.4 Å². The first-order chi connectivity index (χ1) is 11.8. The predicted octanol–water partition coefficient (Wildman–Crippen LogP) is 3.00. The van der Waals surface area contributed by atoms with Gasteiger partial charge in [0.05, 0.1) is 29.6 Å². The Bertz CT molecular complexity index is 795. The molecule has 4 heterocycles. The number of rotatable bonds is 4. The summed E-state index contributed by atoms with van der Waals surface area (Å²) in [5.74, 6) is 1.32. The highest BCUT2D eigenvalue weighted by molar-refractivity contribution is 7.07. The minimum Gasteiger partial charge on any atom is -0.472 e. The number of aromatic nitrogens is 3. The van der Waals surface area contributed by atoms with E-state index in [0.29, 0.717) is 12.1 Å². The predicted molar refractivity (Wildman–Crippen MR) is 90.0 cm³/mol. The second-order valence-electron chi connectivity index (χ2n) is 6.00. The molecule has 1 aliphatic rings. The maximum absolute atomic E-state index is 12.5. The van der Waals surface area contributed by atoms with Gasteiger partial charge in [-0.15, -0.1) is 11.3 Å². The molecule has 1 aliphatic heterocycles. The first kappa shape index (κ1) is 15.1. The molecular formula is C17H18N4O2S. The summed E-state index contributed by atoms with van der Waals surface area (Å²) >= 11 is 1.60. The van der Waals surface area contributed by atoms with Crippen molar-refractivity contribution in [3.8, 4) is 0 Å². The second kappa shape index (κ2) is 6.60. The number of nitrogens with zero attached hydrogens (tertiary/aromatic N) is 4. The minimum atomic E-state index is 0.0334. The van der Waals surface area contributed by atoms with Crippen molar-refractivity contribution in [1.82, 2.24) is 19.4 Å². The number of hydrogen-bond donors (Lipinski definition) is 0. The Morgan fingerprint density at radius 1 is 1.42 bits per heavy atom. The Kier molecular flexibility index (Phi) is 4.17. The van der Waals surface area contributed by atoms with Crippen LogP contribution >= 0.6 is 11.3 Å². The van der Waals surface area contributed by atoms with Gasteiger partial charge in [0.25, 0.3) is 5.91 Å². The number of piperidine rings is 1.